The molecular formula is C22H20BrF8KN4O8. The Morgan fingerprint density at radius 1 is 0.795 bits per heavy atom. The van der Waals surface area contributed by atoms with Crippen molar-refractivity contribution in [3.05, 3.63) is 67.8 Å². The summed E-state index contributed by atoms with van der Waals surface area (Å²) in [5, 5.41) is 43.9. The fourth-order valence-electron chi connectivity index (χ4n) is 2.65. The van der Waals surface area contributed by atoms with Gasteiger partial charge in [-0.05, 0) is 38.1 Å². The minimum Gasteiger partial charge on any atom is -1.00 e. The number of amides is 2. The number of carbonyl (C=O) groups excluding carboxylic acids is 2. The Labute approximate surface area is 292 Å². The van der Waals surface area contributed by atoms with Gasteiger partial charge in [0.25, 0.3) is 23.2 Å². The van der Waals surface area contributed by atoms with Crippen molar-refractivity contribution < 1.29 is 116 Å². The Balaban J connectivity index is 0. The van der Waals surface area contributed by atoms with Crippen molar-refractivity contribution in [2.75, 3.05) is 22.6 Å². The fourth-order valence-corrected chi connectivity index (χ4v) is 2.91. The predicted octanol–water partition coefficient (Wildman–Crippen LogP) is -1.02. The number of nitro groups is 2. The fraction of sp³-hybridized carbons (Fsp3) is 0.364. The van der Waals surface area contributed by atoms with Gasteiger partial charge in [-0.2, -0.15) is 26.3 Å². The molecular weight excluding hydrogens is 717 g/mol. The molecule has 0 saturated heterocycles. The summed E-state index contributed by atoms with van der Waals surface area (Å²) >= 11 is 2.88. The van der Waals surface area contributed by atoms with Gasteiger partial charge in [-0.3, -0.25) is 29.8 Å². The number of alkyl halides is 8. The molecule has 22 heteroatoms. The van der Waals surface area contributed by atoms with Crippen LogP contribution in [-0.2, 0) is 21.9 Å². The predicted molar refractivity (Wildman–Crippen MR) is 134 cm³/mol. The van der Waals surface area contributed by atoms with E-state index in [9.17, 15) is 70.8 Å². The Hall–Kier alpha value is -2.34. The largest absolute Gasteiger partial charge is 1.00 e. The minimum absolute atomic E-state index is 0. The second kappa shape index (κ2) is 16.8. The van der Waals surface area contributed by atoms with Gasteiger partial charge in [0.2, 0.25) is 0 Å². The second-order valence-electron chi connectivity index (χ2n) is 8.70. The van der Waals surface area contributed by atoms with E-state index >= 15 is 0 Å². The zero-order valence-corrected chi connectivity index (χ0v) is 27.2. The number of carbonyl (C=O) groups is 2. The maximum absolute atomic E-state index is 12.8. The topological polar surface area (TPSA) is 185 Å². The number of hydrogen-bond donors (Lipinski definition) is 4. The van der Waals surface area contributed by atoms with E-state index in [4.69, 9.17) is 0 Å². The summed E-state index contributed by atoms with van der Waals surface area (Å²) in [6, 6.07) is 3.78. The number of anilines is 2. The van der Waals surface area contributed by atoms with E-state index in [-0.39, 0.29) is 67.1 Å². The van der Waals surface area contributed by atoms with Gasteiger partial charge < -0.3 is 25.6 Å². The van der Waals surface area contributed by atoms with Crippen LogP contribution >= 0.6 is 15.9 Å². The molecule has 0 unspecified atom stereocenters. The zero-order valence-electron chi connectivity index (χ0n) is 22.5. The van der Waals surface area contributed by atoms with E-state index in [1.54, 1.807) is 0 Å². The molecule has 44 heavy (non-hydrogen) atoms. The Morgan fingerprint density at radius 3 is 1.36 bits per heavy atom. The van der Waals surface area contributed by atoms with Crippen LogP contribution in [0, 0.1) is 20.2 Å². The van der Waals surface area contributed by atoms with E-state index in [1.165, 1.54) is 0 Å². The van der Waals surface area contributed by atoms with Gasteiger partial charge in [0.15, 0.2) is 5.60 Å². The second-order valence-corrected chi connectivity index (χ2v) is 9.26. The molecule has 0 spiro atoms. The molecule has 2 aromatic carbocycles. The van der Waals surface area contributed by atoms with Crippen molar-refractivity contribution in [2.45, 2.75) is 37.4 Å². The smallest absolute Gasteiger partial charge is 1.00 e. The van der Waals surface area contributed by atoms with E-state index in [2.05, 4.69) is 21.2 Å². The first-order chi connectivity index (χ1) is 19.0. The molecule has 240 valence electrons. The first-order valence-electron chi connectivity index (χ1n) is 10.9. The molecule has 2 aromatic rings. The molecule has 0 aliphatic carbocycles. The first kappa shape index (κ1) is 43.8. The SMILES string of the molecule is C[C@](O)(CBr)C(=O)Nc1ccc([N+](=O)[O-])c(C(F)(F)F)c1.C[C@](O)(C[18F])C(=O)Nc1ccc([N+](=O)[O-])c(C(F)(F)F)c1.[18F-].[K+]. The van der Waals surface area contributed by atoms with Gasteiger partial charge in [0.1, 0.15) is 23.4 Å². The molecule has 0 fully saturated rings. The molecule has 0 aliphatic heterocycles. The van der Waals surface area contributed by atoms with Gasteiger partial charge in [-0.15, -0.1) is 0 Å². The number of nitrogens with zero attached hydrogens (tertiary/aromatic N) is 2. The van der Waals surface area contributed by atoms with Crippen LogP contribution in [-0.4, -0.2) is 55.1 Å². The third-order valence-corrected chi connectivity index (χ3v) is 6.10. The average Bonchev–Trinajstić information content (AvgIpc) is 2.87. The van der Waals surface area contributed by atoms with Gasteiger partial charge in [0, 0.05) is 28.8 Å². The van der Waals surface area contributed by atoms with Crippen LogP contribution in [0.3, 0.4) is 0 Å². The Morgan fingerprint density at radius 2 is 1.11 bits per heavy atom. The Kier molecular flexibility index (Phi) is 16.7. The number of aliphatic hydroxyl groups is 2. The molecule has 0 radical (unpaired) electrons. The molecule has 0 bridgehead atoms. The number of halogens is 9. The van der Waals surface area contributed by atoms with Crippen molar-refractivity contribution in [3.8, 4) is 0 Å². The molecule has 12 nitrogen and oxygen atoms in total. The molecule has 0 aliphatic rings. The van der Waals surface area contributed by atoms with Crippen molar-refractivity contribution in [2.24, 2.45) is 0 Å². The monoisotopic (exact) mass is 736 g/mol. The number of nitro benzene ring substituents is 2. The normalized spacial score (nSPS) is 13.7. The summed E-state index contributed by atoms with van der Waals surface area (Å²) in [6.07, 6.45) is -9.95. The van der Waals surface area contributed by atoms with Crippen molar-refractivity contribution >= 4 is 50.5 Å². The average molecular weight is 737 g/mol. The maximum atomic E-state index is 12.8. The summed E-state index contributed by atoms with van der Waals surface area (Å²) in [7, 11) is 0. The number of rotatable bonds is 8. The molecule has 4 N–H and O–H groups in total. The van der Waals surface area contributed by atoms with E-state index < -0.39 is 80.1 Å². The summed E-state index contributed by atoms with van der Waals surface area (Å²) in [4.78, 5) is 41.8. The van der Waals surface area contributed by atoms with Crippen LogP contribution < -0.4 is 66.7 Å². The molecule has 2 amide bonds. The summed E-state index contributed by atoms with van der Waals surface area (Å²) in [6.45, 7) is 0.545. The Bertz CT molecular complexity index is 1260. The quantitative estimate of drug-likeness (QED) is 0.0873. The van der Waals surface area contributed by atoms with Gasteiger partial charge in [0.05, 0.1) is 9.85 Å². The van der Waals surface area contributed by atoms with E-state index in [0.717, 1.165) is 26.0 Å². The van der Waals surface area contributed by atoms with Crippen molar-refractivity contribution in [3.63, 3.8) is 0 Å². The molecule has 0 saturated carbocycles. The summed E-state index contributed by atoms with van der Waals surface area (Å²) in [5.74, 6) is -2.21. The molecule has 0 aromatic heterocycles. The minimum atomic E-state index is -5.01. The maximum Gasteiger partial charge on any atom is 1.00 e. The number of hydrogen-bond acceptors (Lipinski definition) is 8. The zero-order chi connectivity index (χ0) is 32.8. The van der Waals surface area contributed by atoms with Crippen molar-refractivity contribution in [1.82, 2.24) is 0 Å². The molecule has 2 atom stereocenters. The third-order valence-electron chi connectivity index (χ3n) is 5.01. The van der Waals surface area contributed by atoms with Crippen LogP contribution in [0.4, 0.5) is 53.5 Å². The van der Waals surface area contributed by atoms with Crippen molar-refractivity contribution in [1.29, 1.82) is 0 Å². The molecule has 2 rings (SSSR count). The third kappa shape index (κ3) is 12.2. The standard InChI is InChI=1S/C11H10BrF3N2O4.C11H10F4N2O4.FH.K/c2*1-10(19,5-12)9(18)16-6-2-3-8(17(20)21)7(4-6)11(13,14)15;;/h2*2-4,19H,5H2,1H3,(H,16,18);1H;/q;;;+1/p-1/t2*10-;;/m00../s1/i;12-1;1-1;. The number of benzene rings is 2. The molecule has 0 heterocycles. The van der Waals surface area contributed by atoms with Crippen LogP contribution in [0.1, 0.15) is 25.0 Å². The van der Waals surface area contributed by atoms with Gasteiger partial charge in [-0.1, -0.05) is 15.9 Å². The van der Waals surface area contributed by atoms with Gasteiger partial charge >= 0.3 is 63.7 Å². The van der Waals surface area contributed by atoms with E-state index in [0.29, 0.717) is 24.3 Å². The van der Waals surface area contributed by atoms with Crippen LogP contribution in [0.5, 0.6) is 0 Å². The van der Waals surface area contributed by atoms with Crippen LogP contribution in [0.15, 0.2) is 36.4 Å². The number of nitrogens with one attached hydrogen (secondary N) is 2. The van der Waals surface area contributed by atoms with Crippen LogP contribution in [0.25, 0.3) is 0 Å². The van der Waals surface area contributed by atoms with E-state index in [1.807, 2.05) is 5.32 Å². The van der Waals surface area contributed by atoms with Crippen LogP contribution in [0.2, 0.25) is 0 Å². The summed E-state index contributed by atoms with van der Waals surface area (Å²) in [5.41, 5.74) is -10.4. The van der Waals surface area contributed by atoms with Gasteiger partial charge in [-0.25, -0.2) is 4.39 Å². The summed E-state index contributed by atoms with van der Waals surface area (Å²) < 4.78 is 88.7. The first-order valence-corrected chi connectivity index (χ1v) is 12.0.